The Labute approximate surface area is 303 Å². The number of methoxy groups -OCH3 is 1. The van der Waals surface area contributed by atoms with Gasteiger partial charge in [-0.2, -0.15) is 13.2 Å². The van der Waals surface area contributed by atoms with Crippen LogP contribution in [0.25, 0.3) is 0 Å². The Bertz CT molecular complexity index is 1840. The summed E-state index contributed by atoms with van der Waals surface area (Å²) in [5.74, 6) is -6.41. The number of benzene rings is 2. The Morgan fingerprint density at radius 3 is 2.10 bits per heavy atom. The van der Waals surface area contributed by atoms with Gasteiger partial charge < -0.3 is 30.0 Å². The first kappa shape index (κ1) is 41.2. The van der Waals surface area contributed by atoms with Crippen molar-refractivity contribution in [1.29, 1.82) is 0 Å². The van der Waals surface area contributed by atoms with Crippen molar-refractivity contribution < 1.29 is 46.6 Å². The highest BCUT2D eigenvalue weighted by Gasteiger charge is 2.45. The van der Waals surface area contributed by atoms with Crippen LogP contribution in [0.4, 0.5) is 13.2 Å². The van der Waals surface area contributed by atoms with Crippen LogP contribution >= 0.6 is 11.6 Å². The number of carbonyl (C=O) groups is 5. The van der Waals surface area contributed by atoms with Crippen molar-refractivity contribution in [3.05, 3.63) is 98.9 Å². The highest BCUT2D eigenvalue weighted by Crippen LogP contribution is 2.24. The van der Waals surface area contributed by atoms with E-state index in [1.54, 1.807) is 45.0 Å². The Kier molecular flexibility index (Phi) is 13.8. The summed E-state index contributed by atoms with van der Waals surface area (Å²) in [6.45, 7) is 7.09. The van der Waals surface area contributed by atoms with Gasteiger partial charge in [0.25, 0.3) is 17.2 Å². The van der Waals surface area contributed by atoms with Gasteiger partial charge in [0.1, 0.15) is 30.0 Å². The van der Waals surface area contributed by atoms with Crippen molar-refractivity contribution in [2.45, 2.75) is 77.5 Å². The third kappa shape index (κ3) is 12.0. The fourth-order valence-corrected chi connectivity index (χ4v) is 5.15. The molecule has 0 spiro atoms. The lowest BCUT2D eigenvalue weighted by atomic mass is 9.97. The van der Waals surface area contributed by atoms with Gasteiger partial charge in [0.2, 0.25) is 11.8 Å². The lowest BCUT2D eigenvalue weighted by Gasteiger charge is -2.27. The number of alkyl halides is 3. The van der Waals surface area contributed by atoms with Crippen LogP contribution in [0.3, 0.4) is 0 Å². The minimum Gasteiger partial charge on any atom is -0.497 e. The third-order valence-corrected chi connectivity index (χ3v) is 7.68. The molecule has 0 bridgehead atoms. The molecule has 3 aromatic rings. The maximum atomic E-state index is 14.0. The van der Waals surface area contributed by atoms with Gasteiger partial charge in [-0.3, -0.25) is 28.8 Å². The first-order valence-corrected chi connectivity index (χ1v) is 16.4. The second-order valence-corrected chi connectivity index (χ2v) is 13.6. The van der Waals surface area contributed by atoms with Crippen LogP contribution in [0.15, 0.2) is 71.7 Å². The van der Waals surface area contributed by atoms with Gasteiger partial charge >= 0.3 is 12.1 Å². The molecule has 0 radical (unpaired) electrons. The number of Topliss-reactive ketones (excluding diaryl/α,β-unsaturated/α-hetero) is 1. The molecule has 1 heterocycles. The number of pyridine rings is 1. The summed E-state index contributed by atoms with van der Waals surface area (Å²) < 4.78 is 51.7. The number of hydrogen-bond acceptors (Lipinski definition) is 8. The van der Waals surface area contributed by atoms with E-state index < -0.39 is 77.4 Å². The quantitative estimate of drug-likeness (QED) is 0.206. The fourth-order valence-electron chi connectivity index (χ4n) is 4.94. The molecule has 3 N–H and O–H groups in total. The first-order valence-electron chi connectivity index (χ1n) is 16.0. The molecule has 3 unspecified atom stereocenters. The zero-order chi connectivity index (χ0) is 39.0. The van der Waals surface area contributed by atoms with Crippen LogP contribution in [0.2, 0.25) is 5.02 Å². The van der Waals surface area contributed by atoms with E-state index in [0.717, 1.165) is 16.8 Å². The number of hydrogen-bond donors (Lipinski definition) is 3. The van der Waals surface area contributed by atoms with Crippen LogP contribution in [0.5, 0.6) is 5.75 Å². The number of ketones is 1. The van der Waals surface area contributed by atoms with Crippen LogP contribution in [-0.2, 0) is 36.9 Å². The topological polar surface area (TPSA) is 162 Å². The van der Waals surface area contributed by atoms with Gasteiger partial charge in [-0.25, -0.2) is 0 Å². The van der Waals surface area contributed by atoms with Crippen molar-refractivity contribution in [3.8, 4) is 5.75 Å². The second kappa shape index (κ2) is 17.4. The number of nitrogens with zero attached hydrogens (tertiary/aromatic N) is 1. The third-order valence-electron chi connectivity index (χ3n) is 7.44. The predicted octanol–water partition coefficient (Wildman–Crippen LogP) is 4.32. The molecule has 0 fully saturated rings. The number of rotatable bonds is 14. The van der Waals surface area contributed by atoms with Gasteiger partial charge in [0, 0.05) is 23.7 Å². The van der Waals surface area contributed by atoms with Crippen molar-refractivity contribution in [3.63, 3.8) is 0 Å². The number of aromatic nitrogens is 1. The van der Waals surface area contributed by atoms with Crippen molar-refractivity contribution >= 4 is 41.1 Å². The van der Waals surface area contributed by atoms with Crippen molar-refractivity contribution in [2.24, 2.45) is 5.92 Å². The maximum Gasteiger partial charge on any atom is 0.452 e. The molecule has 52 heavy (non-hydrogen) atoms. The highest BCUT2D eigenvalue weighted by atomic mass is 35.5. The minimum absolute atomic E-state index is 0.109. The molecule has 280 valence electrons. The van der Waals surface area contributed by atoms with E-state index in [4.69, 9.17) is 21.1 Å². The Morgan fingerprint density at radius 1 is 0.885 bits per heavy atom. The summed E-state index contributed by atoms with van der Waals surface area (Å²) in [4.78, 5) is 78.3. The number of carbonyl (C=O) groups excluding carboxylic acids is 5. The molecule has 1 aromatic heterocycles. The van der Waals surface area contributed by atoms with Crippen LogP contribution in [-0.4, -0.2) is 65.0 Å². The van der Waals surface area contributed by atoms with E-state index in [-0.39, 0.29) is 17.5 Å². The monoisotopic (exact) mass is 748 g/mol. The molecular weight excluding hydrogens is 709 g/mol. The smallest absolute Gasteiger partial charge is 0.452 e. The molecule has 0 aliphatic carbocycles. The lowest BCUT2D eigenvalue weighted by Crippen LogP contribution is -2.55. The molecule has 12 nitrogen and oxygen atoms in total. The summed E-state index contributed by atoms with van der Waals surface area (Å²) in [5.41, 5.74) is -0.935. The first-order chi connectivity index (χ1) is 24.2. The lowest BCUT2D eigenvalue weighted by molar-refractivity contribution is -0.175. The predicted molar refractivity (Wildman–Crippen MR) is 185 cm³/mol. The molecule has 3 atom stereocenters. The van der Waals surface area contributed by atoms with E-state index in [1.807, 2.05) is 0 Å². The molecule has 0 aliphatic heterocycles. The largest absolute Gasteiger partial charge is 0.497 e. The van der Waals surface area contributed by atoms with Gasteiger partial charge in [0.05, 0.1) is 18.7 Å². The summed E-state index contributed by atoms with van der Waals surface area (Å²) in [7, 11) is 1.39. The highest BCUT2D eigenvalue weighted by molar-refractivity contribution is 6.30. The van der Waals surface area contributed by atoms with Crippen LogP contribution < -0.4 is 26.2 Å². The number of halogens is 4. The summed E-state index contributed by atoms with van der Waals surface area (Å²) in [6, 6.07) is 9.29. The number of nitrogens with one attached hydrogen (secondary N) is 3. The van der Waals surface area contributed by atoms with Gasteiger partial charge in [-0.1, -0.05) is 49.7 Å². The molecule has 0 saturated heterocycles. The average molecular weight is 749 g/mol. The Hall–Kier alpha value is -5.18. The van der Waals surface area contributed by atoms with E-state index in [9.17, 15) is 41.9 Å². The van der Waals surface area contributed by atoms with E-state index in [0.29, 0.717) is 16.3 Å². The van der Waals surface area contributed by atoms with E-state index in [1.165, 1.54) is 51.3 Å². The minimum atomic E-state index is -5.25. The zero-order valence-corrected chi connectivity index (χ0v) is 30.1. The van der Waals surface area contributed by atoms with Gasteiger partial charge in [-0.15, -0.1) is 0 Å². The standard InChI is InChI=1S/C36H40ClF3N4O8/c1-20(2)29(31(47)36(38,39)40)42-34(50)30(22-10-13-25(51-6)14-11-22)43-33(49)26(17-21-8-7-9-24(37)16-21)41-32(48)23-12-15-27(45)44(18-23)19-28(46)52-35(3,4)5/h7-16,18,20,26,29-30H,17,19H2,1-6H3,(H,41,48)(H,42,50)(H,43,49). The molecule has 3 amide bonds. The molecule has 3 rings (SSSR count). The zero-order valence-electron chi connectivity index (χ0n) is 29.3. The normalized spacial score (nSPS) is 13.4. The Balaban J connectivity index is 1.99. The van der Waals surface area contributed by atoms with Crippen LogP contribution in [0, 0.1) is 5.92 Å². The summed E-state index contributed by atoms with van der Waals surface area (Å²) in [6.07, 6.45) is -4.30. The fraction of sp³-hybridized carbons (Fsp3) is 0.389. The van der Waals surface area contributed by atoms with E-state index >= 15 is 0 Å². The molecule has 0 saturated carbocycles. The number of amides is 3. The van der Waals surface area contributed by atoms with Gasteiger partial charge in [0.15, 0.2) is 0 Å². The molecule has 0 aliphatic rings. The average Bonchev–Trinajstić information content (AvgIpc) is 3.04. The van der Waals surface area contributed by atoms with Crippen molar-refractivity contribution in [1.82, 2.24) is 20.5 Å². The van der Waals surface area contributed by atoms with Crippen LogP contribution in [0.1, 0.15) is 62.1 Å². The van der Waals surface area contributed by atoms with Crippen molar-refractivity contribution in [2.75, 3.05) is 7.11 Å². The maximum absolute atomic E-state index is 14.0. The molecular formula is C36H40ClF3N4O8. The SMILES string of the molecule is COc1ccc(C(NC(=O)C(Cc2cccc(Cl)c2)NC(=O)c2ccc(=O)n(CC(=O)OC(C)(C)C)c2)C(=O)NC(C(=O)C(F)(F)F)C(C)C)cc1. The number of esters is 1. The number of ether oxygens (including phenoxy) is 2. The summed E-state index contributed by atoms with van der Waals surface area (Å²) >= 11 is 6.16. The van der Waals surface area contributed by atoms with Gasteiger partial charge in [-0.05, 0) is 68.1 Å². The molecule has 2 aromatic carbocycles. The molecule has 16 heteroatoms. The summed E-state index contributed by atoms with van der Waals surface area (Å²) in [5, 5.41) is 7.53. The van der Waals surface area contributed by atoms with E-state index in [2.05, 4.69) is 16.0 Å². The second-order valence-electron chi connectivity index (χ2n) is 13.1. The Morgan fingerprint density at radius 2 is 1.54 bits per heavy atom.